The molecule has 0 aliphatic heterocycles. The van der Waals surface area contributed by atoms with Crippen LogP contribution in [0.1, 0.15) is 23.5 Å². The second-order valence-corrected chi connectivity index (χ2v) is 7.19. The van der Waals surface area contributed by atoms with Crippen LogP contribution in [0.25, 0.3) is 0 Å². The largest absolute Gasteiger partial charge is 0.308 e. The van der Waals surface area contributed by atoms with Gasteiger partial charge < -0.3 is 10.2 Å². The highest BCUT2D eigenvalue weighted by molar-refractivity contribution is 7.16. The smallest absolute Gasteiger partial charge is 0.0931 e. The Morgan fingerprint density at radius 3 is 2.71 bits per heavy atom. The number of aromatic nitrogens is 2. The highest BCUT2D eigenvalue weighted by atomic mass is 35.5. The molecular formula is C14H20Cl2N4S. The third-order valence-electron chi connectivity index (χ3n) is 3.15. The van der Waals surface area contributed by atoms with E-state index in [1.165, 1.54) is 0 Å². The van der Waals surface area contributed by atoms with Crippen LogP contribution in [0.4, 0.5) is 0 Å². The van der Waals surface area contributed by atoms with Gasteiger partial charge in [0, 0.05) is 11.4 Å². The average Bonchev–Trinajstić information content (AvgIpc) is 3.00. The minimum absolute atomic E-state index is 0.0182. The van der Waals surface area contributed by atoms with Gasteiger partial charge in [-0.3, -0.25) is 4.68 Å². The molecule has 2 rings (SSSR count). The number of thiophene rings is 1. The van der Waals surface area contributed by atoms with Gasteiger partial charge in [-0.2, -0.15) is 5.10 Å². The third kappa shape index (κ3) is 4.20. The average molecular weight is 347 g/mol. The summed E-state index contributed by atoms with van der Waals surface area (Å²) < 4.78 is 2.76. The lowest BCUT2D eigenvalue weighted by molar-refractivity contribution is 0.366. The molecule has 21 heavy (non-hydrogen) atoms. The summed E-state index contributed by atoms with van der Waals surface area (Å²) >= 11 is 14.0. The van der Waals surface area contributed by atoms with Gasteiger partial charge >= 0.3 is 0 Å². The van der Waals surface area contributed by atoms with Gasteiger partial charge in [-0.1, -0.05) is 30.1 Å². The normalized spacial score (nSPS) is 13.0. The van der Waals surface area contributed by atoms with E-state index in [0.29, 0.717) is 5.02 Å². The number of hydrogen-bond acceptors (Lipinski definition) is 4. The molecule has 0 amide bonds. The fourth-order valence-corrected chi connectivity index (χ4v) is 3.54. The maximum Gasteiger partial charge on any atom is 0.0931 e. The van der Waals surface area contributed by atoms with Crippen LogP contribution >= 0.6 is 34.5 Å². The molecule has 0 aliphatic rings. The quantitative estimate of drug-likeness (QED) is 0.832. The summed E-state index contributed by atoms with van der Waals surface area (Å²) in [6.07, 6.45) is 1.71. The molecule has 0 radical (unpaired) electrons. The molecule has 2 aromatic rings. The van der Waals surface area contributed by atoms with E-state index in [1.807, 2.05) is 30.9 Å². The van der Waals surface area contributed by atoms with Crippen LogP contribution in [0.15, 0.2) is 18.3 Å². The first-order valence-electron chi connectivity index (χ1n) is 6.87. The molecule has 4 nitrogen and oxygen atoms in total. The van der Waals surface area contributed by atoms with Gasteiger partial charge in [0.15, 0.2) is 0 Å². The molecule has 1 unspecified atom stereocenters. The van der Waals surface area contributed by atoms with Crippen molar-refractivity contribution < 1.29 is 0 Å². The molecule has 0 aliphatic carbocycles. The number of nitrogens with one attached hydrogen (secondary N) is 1. The van der Waals surface area contributed by atoms with Crippen molar-refractivity contribution in [1.82, 2.24) is 20.0 Å². The van der Waals surface area contributed by atoms with Crippen LogP contribution in [0, 0.1) is 0 Å². The van der Waals surface area contributed by atoms with E-state index in [0.717, 1.165) is 34.5 Å². The zero-order valence-electron chi connectivity index (χ0n) is 12.4. The molecule has 0 saturated heterocycles. The van der Waals surface area contributed by atoms with Crippen LogP contribution in [-0.4, -0.2) is 41.9 Å². The molecule has 1 atom stereocenters. The van der Waals surface area contributed by atoms with Crippen molar-refractivity contribution >= 4 is 34.5 Å². The van der Waals surface area contributed by atoms with Gasteiger partial charge in [-0.15, -0.1) is 11.3 Å². The molecule has 0 spiro atoms. The number of nitrogens with zero attached hydrogens (tertiary/aromatic N) is 3. The fourth-order valence-electron chi connectivity index (χ4n) is 2.15. The summed E-state index contributed by atoms with van der Waals surface area (Å²) in [4.78, 5) is 3.28. The molecule has 0 bridgehead atoms. The molecule has 2 heterocycles. The molecule has 0 saturated carbocycles. The Bertz CT molecular complexity index is 579. The van der Waals surface area contributed by atoms with Crippen molar-refractivity contribution in [3.05, 3.63) is 38.3 Å². The highest BCUT2D eigenvalue weighted by Crippen LogP contribution is 2.34. The van der Waals surface area contributed by atoms with Crippen molar-refractivity contribution in [1.29, 1.82) is 0 Å². The van der Waals surface area contributed by atoms with E-state index in [1.54, 1.807) is 17.5 Å². The minimum atomic E-state index is 0.0182. The summed E-state index contributed by atoms with van der Waals surface area (Å²) in [5.74, 6) is 0. The van der Waals surface area contributed by atoms with Gasteiger partial charge in [0.2, 0.25) is 0 Å². The summed E-state index contributed by atoms with van der Waals surface area (Å²) in [7, 11) is 4.09. The van der Waals surface area contributed by atoms with Crippen LogP contribution in [-0.2, 0) is 6.54 Å². The summed E-state index contributed by atoms with van der Waals surface area (Å²) in [5, 5.41) is 8.57. The lowest BCUT2D eigenvalue weighted by Crippen LogP contribution is -2.27. The van der Waals surface area contributed by atoms with E-state index in [2.05, 4.69) is 22.2 Å². The number of rotatable bonds is 7. The predicted molar refractivity (Wildman–Crippen MR) is 90.6 cm³/mol. The number of hydrogen-bond donors (Lipinski definition) is 1. The van der Waals surface area contributed by atoms with Crippen molar-refractivity contribution in [2.75, 3.05) is 27.2 Å². The van der Waals surface area contributed by atoms with Crippen molar-refractivity contribution in [3.8, 4) is 0 Å². The highest BCUT2D eigenvalue weighted by Gasteiger charge is 2.23. The zero-order chi connectivity index (χ0) is 15.4. The Labute approximate surface area is 139 Å². The lowest BCUT2D eigenvalue weighted by atomic mass is 10.1. The van der Waals surface area contributed by atoms with Gasteiger partial charge in [-0.05, 0) is 32.8 Å². The van der Waals surface area contributed by atoms with Crippen LogP contribution < -0.4 is 5.32 Å². The molecule has 0 fully saturated rings. The van der Waals surface area contributed by atoms with E-state index in [9.17, 15) is 0 Å². The first-order valence-corrected chi connectivity index (χ1v) is 8.44. The second-order valence-electron chi connectivity index (χ2n) is 5.04. The van der Waals surface area contributed by atoms with E-state index >= 15 is 0 Å². The fraction of sp³-hybridized carbons (Fsp3) is 0.500. The van der Waals surface area contributed by atoms with E-state index in [-0.39, 0.29) is 6.04 Å². The monoisotopic (exact) mass is 346 g/mol. The van der Waals surface area contributed by atoms with E-state index in [4.69, 9.17) is 23.2 Å². The summed E-state index contributed by atoms with van der Waals surface area (Å²) in [5.41, 5.74) is 0.999. The van der Waals surface area contributed by atoms with Gasteiger partial charge in [-0.25, -0.2) is 0 Å². The Morgan fingerprint density at radius 1 is 1.38 bits per heavy atom. The lowest BCUT2D eigenvalue weighted by Gasteiger charge is -2.20. The zero-order valence-corrected chi connectivity index (χ0v) is 14.8. The SMILES string of the molecule is CCNC(c1ccc(Cl)s1)c1c(Cl)cnn1CCN(C)C. The third-order valence-corrected chi connectivity index (χ3v) is 4.74. The topological polar surface area (TPSA) is 33.1 Å². The first kappa shape index (κ1) is 16.8. The van der Waals surface area contributed by atoms with Gasteiger partial charge in [0.05, 0.1) is 33.8 Å². The molecule has 116 valence electrons. The Balaban J connectivity index is 2.33. The number of halogens is 2. The Morgan fingerprint density at radius 2 is 2.14 bits per heavy atom. The molecule has 0 aromatic carbocycles. The van der Waals surface area contributed by atoms with Crippen LogP contribution in [0.3, 0.4) is 0 Å². The summed E-state index contributed by atoms with van der Waals surface area (Å²) in [6, 6.07) is 3.98. The molecule has 7 heteroatoms. The minimum Gasteiger partial charge on any atom is -0.308 e. The van der Waals surface area contributed by atoms with Crippen LogP contribution in [0.5, 0.6) is 0 Å². The van der Waals surface area contributed by atoms with Crippen molar-refractivity contribution in [2.24, 2.45) is 0 Å². The standard InChI is InChI=1S/C14H20Cl2N4S/c1-4-17-13(11-5-6-12(16)21-11)14-10(15)9-18-20(14)8-7-19(2)3/h5-6,9,13,17H,4,7-8H2,1-3H3. The maximum atomic E-state index is 6.38. The van der Waals surface area contributed by atoms with Crippen LogP contribution in [0.2, 0.25) is 9.36 Å². The maximum absolute atomic E-state index is 6.38. The summed E-state index contributed by atoms with van der Waals surface area (Å²) in [6.45, 7) is 4.64. The molecule has 1 N–H and O–H groups in total. The van der Waals surface area contributed by atoms with Gasteiger partial charge in [0.25, 0.3) is 0 Å². The number of likely N-dealkylation sites (N-methyl/N-ethyl adjacent to an activating group) is 1. The Hall–Kier alpha value is -0.590. The second kappa shape index (κ2) is 7.61. The van der Waals surface area contributed by atoms with Crippen molar-refractivity contribution in [3.63, 3.8) is 0 Å². The molecular weight excluding hydrogens is 327 g/mol. The molecule has 2 aromatic heterocycles. The predicted octanol–water partition coefficient (Wildman–Crippen LogP) is 3.51. The van der Waals surface area contributed by atoms with Crippen molar-refractivity contribution in [2.45, 2.75) is 19.5 Å². The Kier molecular flexibility index (Phi) is 6.08. The first-order chi connectivity index (χ1) is 10.0. The van der Waals surface area contributed by atoms with Gasteiger partial charge in [0.1, 0.15) is 0 Å². The van der Waals surface area contributed by atoms with E-state index < -0.39 is 0 Å².